The first-order chi connectivity index (χ1) is 7.54. The summed E-state index contributed by atoms with van der Waals surface area (Å²) in [5.74, 6) is -0.0203. The molecule has 0 bridgehead atoms. The number of hydrogen-bond donors (Lipinski definition) is 0. The summed E-state index contributed by atoms with van der Waals surface area (Å²) in [6.07, 6.45) is 0. The van der Waals surface area contributed by atoms with Crippen LogP contribution in [0.4, 0.5) is 0 Å². The van der Waals surface area contributed by atoms with Gasteiger partial charge in [-0.25, -0.2) is 9.79 Å². The van der Waals surface area contributed by atoms with Crippen molar-refractivity contribution < 1.29 is 9.53 Å². The van der Waals surface area contributed by atoms with Crippen molar-refractivity contribution >= 4 is 11.9 Å². The number of hydrogen-bond acceptors (Lipinski definition) is 3. The lowest BCUT2D eigenvalue weighted by Gasteiger charge is -2.15. The Kier molecular flexibility index (Phi) is 2.38. The van der Waals surface area contributed by atoms with Crippen molar-refractivity contribution in [2.45, 2.75) is 19.4 Å². The first-order valence-electron chi connectivity index (χ1n) is 5.07. The molecule has 0 amide bonds. The highest BCUT2D eigenvalue weighted by Crippen LogP contribution is 2.32. The molecule has 0 aliphatic carbocycles. The number of esters is 1. The molecule has 82 valence electrons. The lowest BCUT2D eigenvalue weighted by atomic mass is 9.93. The summed E-state index contributed by atoms with van der Waals surface area (Å²) >= 11 is 0. The van der Waals surface area contributed by atoms with Crippen molar-refractivity contribution in [1.82, 2.24) is 0 Å². The molecule has 0 saturated heterocycles. The molecule has 3 nitrogen and oxygen atoms in total. The van der Waals surface area contributed by atoms with E-state index >= 15 is 0 Å². The molecule has 1 atom stereocenters. The second-order valence-corrected chi connectivity index (χ2v) is 4.03. The van der Waals surface area contributed by atoms with Crippen molar-refractivity contribution in [3.05, 3.63) is 48.0 Å². The summed E-state index contributed by atoms with van der Waals surface area (Å²) in [7, 11) is 0. The van der Waals surface area contributed by atoms with Crippen molar-refractivity contribution in [1.29, 1.82) is 0 Å². The zero-order valence-electron chi connectivity index (χ0n) is 9.36. The fourth-order valence-electron chi connectivity index (χ4n) is 1.59. The van der Waals surface area contributed by atoms with Crippen molar-refractivity contribution in [2.75, 3.05) is 0 Å². The average Bonchev–Trinajstić information content (AvgIpc) is 2.58. The molecule has 0 spiro atoms. The van der Waals surface area contributed by atoms with Gasteiger partial charge in [-0.05, 0) is 19.4 Å². The van der Waals surface area contributed by atoms with Gasteiger partial charge in [-0.3, -0.25) is 0 Å². The predicted octanol–water partition coefficient (Wildman–Crippen LogP) is 2.43. The van der Waals surface area contributed by atoms with Crippen LogP contribution in [0.2, 0.25) is 0 Å². The van der Waals surface area contributed by atoms with Crippen LogP contribution >= 0.6 is 0 Å². The normalized spacial score (nSPS) is 23.9. The molecule has 0 radical (unpaired) electrons. The van der Waals surface area contributed by atoms with Crippen molar-refractivity contribution in [2.24, 2.45) is 4.99 Å². The van der Waals surface area contributed by atoms with E-state index in [-0.39, 0.29) is 5.97 Å². The predicted molar refractivity (Wildman–Crippen MR) is 62.1 cm³/mol. The third-order valence-corrected chi connectivity index (χ3v) is 2.61. The number of cyclic esters (lactones) is 1. The van der Waals surface area contributed by atoms with E-state index in [1.165, 1.54) is 0 Å². The number of benzene rings is 1. The minimum absolute atomic E-state index is 0.330. The van der Waals surface area contributed by atoms with E-state index < -0.39 is 5.54 Å². The molecule has 1 aliphatic heterocycles. The highest BCUT2D eigenvalue weighted by atomic mass is 16.6. The zero-order valence-corrected chi connectivity index (χ0v) is 9.36. The second kappa shape index (κ2) is 3.59. The van der Waals surface area contributed by atoms with Gasteiger partial charge in [-0.15, -0.1) is 0 Å². The van der Waals surface area contributed by atoms with E-state index in [0.717, 1.165) is 5.56 Å². The molecule has 2 rings (SSSR count). The Labute approximate surface area is 94.5 Å². The highest BCUT2D eigenvalue weighted by molar-refractivity contribution is 6.07. The summed E-state index contributed by atoms with van der Waals surface area (Å²) in [6, 6.07) is 9.39. The Hall–Kier alpha value is -1.90. The maximum Gasteiger partial charge on any atom is 0.345 e. The Balaban J connectivity index is 2.47. The Morgan fingerprint density at radius 2 is 2.00 bits per heavy atom. The van der Waals surface area contributed by atoms with Crippen LogP contribution in [0.15, 0.2) is 47.5 Å². The van der Waals surface area contributed by atoms with Crippen LogP contribution in [-0.4, -0.2) is 11.9 Å². The molecular formula is C13H13NO2. The van der Waals surface area contributed by atoms with Gasteiger partial charge >= 0.3 is 5.97 Å². The first kappa shape index (κ1) is 10.6. The maximum atomic E-state index is 11.8. The minimum atomic E-state index is -0.935. The number of carbonyl (C=O) groups excluding carboxylic acids is 1. The number of nitrogens with zero attached hydrogens (tertiary/aromatic N) is 1. The topological polar surface area (TPSA) is 38.7 Å². The summed E-state index contributed by atoms with van der Waals surface area (Å²) in [6.45, 7) is 7.24. The van der Waals surface area contributed by atoms with E-state index in [9.17, 15) is 4.79 Å². The van der Waals surface area contributed by atoms with Crippen LogP contribution in [0.25, 0.3) is 0 Å². The SMILES string of the molecule is C=C(C)C1=N[C@](C)(c2ccccc2)C(=O)O1. The van der Waals surface area contributed by atoms with Gasteiger partial charge < -0.3 is 4.74 Å². The number of ether oxygens (including phenoxy) is 1. The molecule has 0 saturated carbocycles. The molecule has 1 heterocycles. The summed E-state index contributed by atoms with van der Waals surface area (Å²) in [5.41, 5.74) is 0.555. The molecule has 0 N–H and O–H groups in total. The van der Waals surface area contributed by atoms with Gasteiger partial charge in [0.25, 0.3) is 0 Å². The lowest BCUT2D eigenvalue weighted by molar-refractivity contribution is -0.138. The van der Waals surface area contributed by atoms with Gasteiger partial charge in [0.05, 0.1) is 0 Å². The van der Waals surface area contributed by atoms with Crippen LogP contribution in [0, 0.1) is 0 Å². The first-order valence-corrected chi connectivity index (χ1v) is 5.07. The van der Waals surface area contributed by atoms with Gasteiger partial charge in [0.1, 0.15) is 0 Å². The second-order valence-electron chi connectivity index (χ2n) is 4.03. The standard InChI is InChI=1S/C13H13NO2/c1-9(2)11-14-13(3,12(15)16-11)10-7-5-4-6-8-10/h4-8H,1H2,2-3H3/t13-/m1/s1. The van der Waals surface area contributed by atoms with Gasteiger partial charge in [0, 0.05) is 5.57 Å². The monoisotopic (exact) mass is 215 g/mol. The minimum Gasteiger partial charge on any atom is -0.405 e. The summed E-state index contributed by atoms with van der Waals surface area (Å²) in [4.78, 5) is 16.1. The molecule has 0 aromatic heterocycles. The van der Waals surface area contributed by atoms with Crippen LogP contribution < -0.4 is 0 Å². The number of carbonyl (C=O) groups is 1. The van der Waals surface area contributed by atoms with Crippen LogP contribution in [0.5, 0.6) is 0 Å². The highest BCUT2D eigenvalue weighted by Gasteiger charge is 2.43. The van der Waals surface area contributed by atoms with Crippen LogP contribution in [0.3, 0.4) is 0 Å². The van der Waals surface area contributed by atoms with Gasteiger partial charge in [0.15, 0.2) is 5.54 Å². The maximum absolute atomic E-state index is 11.8. The average molecular weight is 215 g/mol. The fourth-order valence-corrected chi connectivity index (χ4v) is 1.59. The van der Waals surface area contributed by atoms with Gasteiger partial charge in [-0.2, -0.15) is 0 Å². The molecule has 1 aromatic carbocycles. The molecule has 3 heteroatoms. The Morgan fingerprint density at radius 3 is 2.50 bits per heavy atom. The van der Waals surface area contributed by atoms with Gasteiger partial charge in [0.2, 0.25) is 5.90 Å². The number of aliphatic imine (C=N–C) groups is 1. The van der Waals surface area contributed by atoms with Crippen molar-refractivity contribution in [3.63, 3.8) is 0 Å². The summed E-state index contributed by atoms with van der Waals surface area (Å²) in [5, 5.41) is 0. The molecular weight excluding hydrogens is 202 g/mol. The largest absolute Gasteiger partial charge is 0.405 e. The van der Waals surface area contributed by atoms with E-state index in [1.807, 2.05) is 30.3 Å². The van der Waals surface area contributed by atoms with Crippen molar-refractivity contribution in [3.8, 4) is 0 Å². The molecule has 16 heavy (non-hydrogen) atoms. The fraction of sp³-hybridized carbons (Fsp3) is 0.231. The smallest absolute Gasteiger partial charge is 0.345 e. The zero-order chi connectivity index (χ0) is 11.8. The van der Waals surface area contributed by atoms with Crippen LogP contribution in [-0.2, 0) is 15.1 Å². The quantitative estimate of drug-likeness (QED) is 0.711. The Bertz CT molecular complexity index is 476. The third kappa shape index (κ3) is 1.54. The van der Waals surface area contributed by atoms with E-state index in [0.29, 0.717) is 11.5 Å². The van der Waals surface area contributed by atoms with E-state index in [2.05, 4.69) is 11.6 Å². The van der Waals surface area contributed by atoms with Gasteiger partial charge in [-0.1, -0.05) is 36.9 Å². The van der Waals surface area contributed by atoms with Crippen LogP contribution in [0.1, 0.15) is 19.4 Å². The molecule has 0 fully saturated rings. The third-order valence-electron chi connectivity index (χ3n) is 2.61. The lowest BCUT2D eigenvalue weighted by Crippen LogP contribution is -2.26. The molecule has 1 aromatic rings. The molecule has 0 unspecified atom stereocenters. The van der Waals surface area contributed by atoms with E-state index in [4.69, 9.17) is 4.74 Å². The molecule has 1 aliphatic rings. The number of rotatable bonds is 2. The Morgan fingerprint density at radius 1 is 1.38 bits per heavy atom. The summed E-state index contributed by atoms with van der Waals surface area (Å²) < 4.78 is 5.10. The van der Waals surface area contributed by atoms with E-state index in [1.54, 1.807) is 13.8 Å².